The number of rotatable bonds is 4. The van der Waals surface area contributed by atoms with Crippen molar-refractivity contribution in [2.75, 3.05) is 5.32 Å². The molecule has 1 N–H and O–H groups in total. The molecule has 0 saturated carbocycles. The summed E-state index contributed by atoms with van der Waals surface area (Å²) in [5.41, 5.74) is 0.689. The zero-order valence-corrected chi connectivity index (χ0v) is 9.83. The smallest absolute Gasteiger partial charge is 0.257 e. The van der Waals surface area contributed by atoms with Gasteiger partial charge in [-0.25, -0.2) is 4.68 Å². The summed E-state index contributed by atoms with van der Waals surface area (Å²) < 4.78 is 1.80. The van der Waals surface area contributed by atoms with Gasteiger partial charge in [-0.15, -0.1) is 0 Å². The fourth-order valence-corrected chi connectivity index (χ4v) is 2.05. The zero-order chi connectivity index (χ0) is 11.4. The van der Waals surface area contributed by atoms with Crippen molar-refractivity contribution >= 4 is 23.1 Å². The van der Waals surface area contributed by atoms with Crippen LogP contribution in [0.25, 0.3) is 0 Å². The molecular weight excluding hydrogens is 222 g/mol. The number of nitrogens with one attached hydrogen (secondary N) is 1. The molecule has 5 heteroatoms. The Kier molecular flexibility index (Phi) is 3.36. The molecule has 2 rings (SSSR count). The third-order valence-electron chi connectivity index (χ3n) is 2.18. The van der Waals surface area contributed by atoms with Crippen LogP contribution >= 0.6 is 11.3 Å². The Morgan fingerprint density at radius 3 is 3.12 bits per heavy atom. The van der Waals surface area contributed by atoms with Gasteiger partial charge in [-0.3, -0.25) is 4.79 Å². The molecule has 0 bridgehead atoms. The van der Waals surface area contributed by atoms with Crippen LogP contribution in [-0.4, -0.2) is 15.7 Å². The first kappa shape index (κ1) is 10.9. The summed E-state index contributed by atoms with van der Waals surface area (Å²) >= 11 is 1.51. The molecule has 2 aromatic rings. The predicted molar refractivity (Wildman–Crippen MR) is 64.8 cm³/mol. The number of hydrogen-bond donors (Lipinski definition) is 1. The topological polar surface area (TPSA) is 46.9 Å². The van der Waals surface area contributed by atoms with Gasteiger partial charge in [0, 0.05) is 18.0 Å². The lowest BCUT2D eigenvalue weighted by Gasteiger charge is -2.06. The van der Waals surface area contributed by atoms with Crippen molar-refractivity contribution in [3.8, 4) is 0 Å². The fraction of sp³-hybridized carbons (Fsp3) is 0.273. The number of aryl methyl sites for hydroxylation is 1. The average Bonchev–Trinajstić information content (AvgIpc) is 2.90. The van der Waals surface area contributed by atoms with Crippen molar-refractivity contribution in [3.63, 3.8) is 0 Å². The van der Waals surface area contributed by atoms with E-state index in [1.165, 1.54) is 11.3 Å². The van der Waals surface area contributed by atoms with Crippen molar-refractivity contribution in [2.24, 2.45) is 0 Å². The Morgan fingerprint density at radius 1 is 1.56 bits per heavy atom. The second-order valence-electron chi connectivity index (χ2n) is 3.41. The number of carbonyl (C=O) groups is 1. The van der Waals surface area contributed by atoms with Gasteiger partial charge in [0.1, 0.15) is 5.82 Å². The van der Waals surface area contributed by atoms with Gasteiger partial charge < -0.3 is 5.32 Å². The third-order valence-corrected chi connectivity index (χ3v) is 2.86. The van der Waals surface area contributed by atoms with Gasteiger partial charge in [-0.05, 0) is 17.9 Å². The van der Waals surface area contributed by atoms with Crippen LogP contribution in [0.4, 0.5) is 5.82 Å². The van der Waals surface area contributed by atoms with Crippen LogP contribution in [-0.2, 0) is 6.54 Å². The van der Waals surface area contributed by atoms with Crippen molar-refractivity contribution in [3.05, 3.63) is 34.7 Å². The van der Waals surface area contributed by atoms with Gasteiger partial charge in [0.15, 0.2) is 0 Å². The molecule has 0 aliphatic rings. The Hall–Kier alpha value is -1.62. The SMILES string of the molecule is CCCn1nccc1NC(=O)c1ccsc1. The summed E-state index contributed by atoms with van der Waals surface area (Å²) in [5, 5.41) is 10.7. The molecule has 84 valence electrons. The molecule has 0 atom stereocenters. The monoisotopic (exact) mass is 235 g/mol. The van der Waals surface area contributed by atoms with Gasteiger partial charge in [-0.1, -0.05) is 6.92 Å². The lowest BCUT2D eigenvalue weighted by Crippen LogP contribution is -2.15. The maximum Gasteiger partial charge on any atom is 0.257 e. The lowest BCUT2D eigenvalue weighted by atomic mass is 10.3. The van der Waals surface area contributed by atoms with E-state index in [9.17, 15) is 4.79 Å². The van der Waals surface area contributed by atoms with E-state index in [1.807, 2.05) is 10.8 Å². The molecular formula is C11H13N3OS. The number of anilines is 1. The molecule has 0 spiro atoms. The zero-order valence-electron chi connectivity index (χ0n) is 9.01. The second kappa shape index (κ2) is 4.94. The molecule has 2 aromatic heterocycles. The average molecular weight is 235 g/mol. The highest BCUT2D eigenvalue weighted by atomic mass is 32.1. The molecule has 0 aromatic carbocycles. The minimum absolute atomic E-state index is 0.0842. The van der Waals surface area contributed by atoms with Crippen LogP contribution < -0.4 is 5.32 Å². The maximum atomic E-state index is 11.8. The van der Waals surface area contributed by atoms with Crippen molar-refractivity contribution in [2.45, 2.75) is 19.9 Å². The molecule has 2 heterocycles. The van der Waals surface area contributed by atoms with E-state index in [2.05, 4.69) is 17.3 Å². The third kappa shape index (κ3) is 2.30. The van der Waals surface area contributed by atoms with Gasteiger partial charge >= 0.3 is 0 Å². The molecule has 0 aliphatic heterocycles. The molecule has 0 saturated heterocycles. The van der Waals surface area contributed by atoms with Crippen LogP contribution in [0.1, 0.15) is 23.7 Å². The van der Waals surface area contributed by atoms with Gasteiger partial charge in [0.25, 0.3) is 5.91 Å². The molecule has 0 fully saturated rings. The number of carbonyl (C=O) groups excluding carboxylic acids is 1. The molecule has 0 unspecified atom stereocenters. The summed E-state index contributed by atoms with van der Waals surface area (Å²) in [7, 11) is 0. The lowest BCUT2D eigenvalue weighted by molar-refractivity contribution is 0.102. The largest absolute Gasteiger partial charge is 0.307 e. The fourth-order valence-electron chi connectivity index (χ4n) is 1.41. The van der Waals surface area contributed by atoms with E-state index in [1.54, 1.807) is 23.0 Å². The highest BCUT2D eigenvalue weighted by Crippen LogP contribution is 2.11. The highest BCUT2D eigenvalue weighted by molar-refractivity contribution is 7.08. The van der Waals surface area contributed by atoms with E-state index in [0.29, 0.717) is 5.56 Å². The van der Waals surface area contributed by atoms with Crippen LogP contribution in [0.15, 0.2) is 29.1 Å². The predicted octanol–water partition coefficient (Wildman–Crippen LogP) is 2.61. The molecule has 0 aliphatic carbocycles. The van der Waals surface area contributed by atoms with Crippen LogP contribution in [0.5, 0.6) is 0 Å². The van der Waals surface area contributed by atoms with Crippen LogP contribution in [0.3, 0.4) is 0 Å². The number of nitrogens with zero attached hydrogens (tertiary/aromatic N) is 2. The standard InChI is InChI=1S/C11H13N3OS/c1-2-6-14-10(3-5-12-14)13-11(15)9-4-7-16-8-9/h3-5,7-8H,2,6H2,1H3,(H,13,15). The Morgan fingerprint density at radius 2 is 2.44 bits per heavy atom. The molecule has 1 amide bonds. The van der Waals surface area contributed by atoms with Gasteiger partial charge in [0.05, 0.1) is 11.8 Å². The van der Waals surface area contributed by atoms with Crippen LogP contribution in [0, 0.1) is 0 Å². The first-order chi connectivity index (χ1) is 7.81. The molecule has 0 radical (unpaired) electrons. The highest BCUT2D eigenvalue weighted by Gasteiger charge is 2.08. The summed E-state index contributed by atoms with van der Waals surface area (Å²) in [4.78, 5) is 11.8. The van der Waals surface area contributed by atoms with Crippen molar-refractivity contribution in [1.82, 2.24) is 9.78 Å². The van der Waals surface area contributed by atoms with Gasteiger partial charge in [0.2, 0.25) is 0 Å². The van der Waals surface area contributed by atoms with E-state index in [4.69, 9.17) is 0 Å². The summed E-state index contributed by atoms with van der Waals surface area (Å²) in [6.07, 6.45) is 2.68. The summed E-state index contributed by atoms with van der Waals surface area (Å²) in [6.45, 7) is 2.89. The molecule has 16 heavy (non-hydrogen) atoms. The van der Waals surface area contributed by atoms with E-state index >= 15 is 0 Å². The normalized spacial score (nSPS) is 10.3. The minimum Gasteiger partial charge on any atom is -0.307 e. The number of thiophene rings is 1. The Bertz CT molecular complexity index is 461. The first-order valence-corrected chi connectivity index (χ1v) is 6.11. The van der Waals surface area contributed by atoms with Crippen LogP contribution in [0.2, 0.25) is 0 Å². The van der Waals surface area contributed by atoms with E-state index in [0.717, 1.165) is 18.8 Å². The quantitative estimate of drug-likeness (QED) is 0.885. The second-order valence-corrected chi connectivity index (χ2v) is 4.19. The summed E-state index contributed by atoms with van der Waals surface area (Å²) in [5.74, 6) is 0.664. The van der Waals surface area contributed by atoms with Gasteiger partial charge in [-0.2, -0.15) is 16.4 Å². The first-order valence-electron chi connectivity index (χ1n) is 5.16. The van der Waals surface area contributed by atoms with E-state index < -0.39 is 0 Å². The number of amides is 1. The summed E-state index contributed by atoms with van der Waals surface area (Å²) in [6, 6.07) is 3.61. The van der Waals surface area contributed by atoms with Crippen molar-refractivity contribution < 1.29 is 4.79 Å². The van der Waals surface area contributed by atoms with Crippen molar-refractivity contribution in [1.29, 1.82) is 0 Å². The maximum absolute atomic E-state index is 11.8. The molecule has 4 nitrogen and oxygen atoms in total. The Labute approximate surface area is 97.9 Å². The number of aromatic nitrogens is 2. The number of hydrogen-bond acceptors (Lipinski definition) is 3. The Balaban J connectivity index is 2.09. The van der Waals surface area contributed by atoms with E-state index in [-0.39, 0.29) is 5.91 Å². The minimum atomic E-state index is -0.0842.